The monoisotopic (exact) mass is 339 g/mol. The number of benzene rings is 1. The molecule has 0 saturated carbocycles. The maximum atomic E-state index is 12.4. The molecule has 7 nitrogen and oxygen atoms in total. The summed E-state index contributed by atoms with van der Waals surface area (Å²) < 4.78 is 0. The molecule has 3 rings (SSSR count). The van der Waals surface area contributed by atoms with Crippen LogP contribution in [0.5, 0.6) is 0 Å². The average molecular weight is 339 g/mol. The Kier molecular flexibility index (Phi) is 4.67. The third kappa shape index (κ3) is 3.46. The van der Waals surface area contributed by atoms with Crippen LogP contribution in [0.1, 0.15) is 24.1 Å². The van der Waals surface area contributed by atoms with E-state index in [9.17, 15) is 9.59 Å². The molecule has 2 aromatic rings. The number of β-lactam (4-membered cyclic amide) rings is 1. The molecule has 7 heteroatoms. The number of nitrogens with one attached hydrogen (secondary N) is 1. The molecule has 0 aliphatic carbocycles. The first-order valence-electron chi connectivity index (χ1n) is 8.12. The fraction of sp³-hybridized carbons (Fsp3) is 0.278. The molecular formula is C18H21N5O2. The van der Waals surface area contributed by atoms with Gasteiger partial charge in [-0.3, -0.25) is 4.79 Å². The van der Waals surface area contributed by atoms with Crippen molar-refractivity contribution in [1.29, 1.82) is 0 Å². The second-order valence-corrected chi connectivity index (χ2v) is 6.18. The number of nitrogens with zero attached hydrogens (tertiary/aromatic N) is 2. The number of amides is 3. The quantitative estimate of drug-likeness (QED) is 0.729. The lowest BCUT2D eigenvalue weighted by molar-refractivity contribution is -0.149. The van der Waals surface area contributed by atoms with Crippen LogP contribution >= 0.6 is 0 Å². The predicted molar refractivity (Wildman–Crippen MR) is 94.1 cm³/mol. The van der Waals surface area contributed by atoms with Crippen LogP contribution in [-0.2, 0) is 11.2 Å². The van der Waals surface area contributed by atoms with Crippen LogP contribution in [0.3, 0.4) is 0 Å². The van der Waals surface area contributed by atoms with Gasteiger partial charge < -0.3 is 16.8 Å². The number of likely N-dealkylation sites (tertiary alicyclic amines) is 1. The van der Waals surface area contributed by atoms with Crippen molar-refractivity contribution in [2.75, 3.05) is 5.73 Å². The minimum Gasteiger partial charge on any atom is -0.384 e. The lowest BCUT2D eigenvalue weighted by atomic mass is 9.88. The van der Waals surface area contributed by atoms with Crippen molar-refractivity contribution < 1.29 is 9.59 Å². The summed E-state index contributed by atoms with van der Waals surface area (Å²) in [5, 5.41) is 2.81. The Morgan fingerprint density at radius 3 is 2.68 bits per heavy atom. The molecule has 0 radical (unpaired) electrons. The van der Waals surface area contributed by atoms with Gasteiger partial charge in [-0.25, -0.2) is 14.7 Å². The number of hydrogen-bond acceptors (Lipinski definition) is 5. The third-order valence-corrected chi connectivity index (χ3v) is 4.42. The van der Waals surface area contributed by atoms with Crippen LogP contribution in [-0.4, -0.2) is 28.0 Å². The third-order valence-electron chi connectivity index (χ3n) is 4.42. The second-order valence-electron chi connectivity index (χ2n) is 6.18. The van der Waals surface area contributed by atoms with E-state index in [0.717, 1.165) is 16.0 Å². The van der Waals surface area contributed by atoms with Gasteiger partial charge in [-0.2, -0.15) is 0 Å². The molecule has 0 spiro atoms. The van der Waals surface area contributed by atoms with Crippen LogP contribution in [0.2, 0.25) is 0 Å². The van der Waals surface area contributed by atoms with Gasteiger partial charge in [0.15, 0.2) is 0 Å². The second kappa shape index (κ2) is 6.90. The number of imide groups is 1. The van der Waals surface area contributed by atoms with Crippen molar-refractivity contribution in [2.24, 2.45) is 11.7 Å². The number of carbonyl (C=O) groups excluding carboxylic acids is 2. The smallest absolute Gasteiger partial charge is 0.325 e. The van der Waals surface area contributed by atoms with E-state index < -0.39 is 18.1 Å². The number of urea groups is 1. The van der Waals surface area contributed by atoms with Gasteiger partial charge in [-0.15, -0.1) is 0 Å². The van der Waals surface area contributed by atoms with Crippen molar-refractivity contribution >= 4 is 17.8 Å². The summed E-state index contributed by atoms with van der Waals surface area (Å²) >= 11 is 0. The molecule has 1 aliphatic heterocycles. The zero-order chi connectivity index (χ0) is 18.0. The van der Waals surface area contributed by atoms with Gasteiger partial charge in [0.05, 0.1) is 12.0 Å². The Labute approximate surface area is 146 Å². The zero-order valence-corrected chi connectivity index (χ0v) is 13.9. The molecule has 2 heterocycles. The van der Waals surface area contributed by atoms with E-state index in [4.69, 9.17) is 11.5 Å². The molecule has 1 saturated heterocycles. The molecule has 1 aromatic carbocycles. The lowest BCUT2D eigenvalue weighted by Crippen LogP contribution is -2.69. The van der Waals surface area contributed by atoms with Crippen LogP contribution in [0.4, 0.5) is 10.6 Å². The Bertz CT molecular complexity index is 780. The minimum absolute atomic E-state index is 0.215. The highest BCUT2D eigenvalue weighted by atomic mass is 16.2. The van der Waals surface area contributed by atoms with Gasteiger partial charge in [0.25, 0.3) is 0 Å². The summed E-state index contributed by atoms with van der Waals surface area (Å²) in [6.07, 6.45) is 1.38. The van der Waals surface area contributed by atoms with Crippen molar-refractivity contribution in [3.05, 3.63) is 59.8 Å². The molecule has 1 fully saturated rings. The van der Waals surface area contributed by atoms with Crippen molar-refractivity contribution in [1.82, 2.24) is 15.2 Å². The maximum Gasteiger partial charge on any atom is 0.325 e. The fourth-order valence-corrected chi connectivity index (χ4v) is 2.97. The molecule has 25 heavy (non-hydrogen) atoms. The Balaban J connectivity index is 1.61. The SMILES string of the molecule is C[C@@H](NC(=O)N1C(=O)[C@H](Cc2ccnc(N)c2)[C@H]1N)c1ccccc1. The standard InChI is InChI=1S/C18H21N5O2/c1-11(13-5-3-2-4-6-13)22-18(25)23-16(20)14(17(23)24)9-12-7-8-21-15(19)10-12/h2-8,10-11,14,16H,9,20H2,1H3,(H2,19,21)(H,22,25)/t11-,14-,16+/m1/s1. The molecule has 130 valence electrons. The van der Waals surface area contributed by atoms with Gasteiger partial charge >= 0.3 is 6.03 Å². The number of pyridine rings is 1. The number of aromatic nitrogens is 1. The molecule has 1 aromatic heterocycles. The summed E-state index contributed by atoms with van der Waals surface area (Å²) in [5.74, 6) is -0.315. The van der Waals surface area contributed by atoms with Crippen molar-refractivity contribution in [3.8, 4) is 0 Å². The first-order valence-corrected chi connectivity index (χ1v) is 8.12. The summed E-state index contributed by atoms with van der Waals surface area (Å²) in [5.41, 5.74) is 13.5. The first-order chi connectivity index (χ1) is 12.0. The lowest BCUT2D eigenvalue weighted by Gasteiger charge is -2.43. The number of hydrogen-bond donors (Lipinski definition) is 3. The average Bonchev–Trinajstić information content (AvgIpc) is 2.60. The van der Waals surface area contributed by atoms with Crippen molar-refractivity contribution in [2.45, 2.75) is 25.6 Å². The number of carbonyl (C=O) groups is 2. The Morgan fingerprint density at radius 1 is 1.32 bits per heavy atom. The van der Waals surface area contributed by atoms with E-state index in [-0.39, 0.29) is 11.9 Å². The van der Waals surface area contributed by atoms with Crippen LogP contribution in [0.15, 0.2) is 48.7 Å². The Hall–Kier alpha value is -2.93. The highest BCUT2D eigenvalue weighted by Gasteiger charge is 2.48. The largest absolute Gasteiger partial charge is 0.384 e. The van der Waals surface area contributed by atoms with E-state index >= 15 is 0 Å². The predicted octanol–water partition coefficient (Wildman–Crippen LogP) is 1.42. The number of rotatable bonds is 4. The summed E-state index contributed by atoms with van der Waals surface area (Å²) in [7, 11) is 0. The van der Waals surface area contributed by atoms with Crippen molar-refractivity contribution in [3.63, 3.8) is 0 Å². The fourth-order valence-electron chi connectivity index (χ4n) is 2.97. The Morgan fingerprint density at radius 2 is 2.04 bits per heavy atom. The van der Waals surface area contributed by atoms with Crippen LogP contribution < -0.4 is 16.8 Å². The van der Waals surface area contributed by atoms with Gasteiger partial charge in [-0.1, -0.05) is 30.3 Å². The molecular weight excluding hydrogens is 318 g/mol. The maximum absolute atomic E-state index is 12.4. The summed E-state index contributed by atoms with van der Waals surface area (Å²) in [6.45, 7) is 1.86. The summed E-state index contributed by atoms with van der Waals surface area (Å²) in [6, 6.07) is 12.3. The number of nitrogen functional groups attached to an aromatic ring is 1. The highest BCUT2D eigenvalue weighted by molar-refractivity contribution is 6.01. The van der Waals surface area contributed by atoms with E-state index in [1.54, 1.807) is 18.3 Å². The number of anilines is 1. The summed E-state index contributed by atoms with van der Waals surface area (Å²) in [4.78, 5) is 29.7. The molecule has 0 unspecified atom stereocenters. The molecule has 0 bridgehead atoms. The van der Waals surface area contributed by atoms with E-state index in [0.29, 0.717) is 12.2 Å². The zero-order valence-electron chi connectivity index (χ0n) is 13.9. The van der Waals surface area contributed by atoms with Gasteiger partial charge in [0, 0.05) is 6.20 Å². The molecule has 3 atom stereocenters. The van der Waals surface area contributed by atoms with Gasteiger partial charge in [-0.05, 0) is 36.6 Å². The number of nitrogens with two attached hydrogens (primary N) is 2. The van der Waals surface area contributed by atoms with E-state index in [2.05, 4.69) is 10.3 Å². The molecule has 3 amide bonds. The first kappa shape index (κ1) is 16.9. The van der Waals surface area contributed by atoms with Gasteiger partial charge in [0.2, 0.25) is 5.91 Å². The van der Waals surface area contributed by atoms with E-state index in [1.165, 1.54) is 0 Å². The minimum atomic E-state index is -0.648. The molecule has 1 aliphatic rings. The molecule has 5 N–H and O–H groups in total. The normalized spacial score (nSPS) is 20.7. The van der Waals surface area contributed by atoms with Gasteiger partial charge in [0.1, 0.15) is 12.0 Å². The van der Waals surface area contributed by atoms with Crippen LogP contribution in [0.25, 0.3) is 0 Å². The van der Waals surface area contributed by atoms with Crippen LogP contribution in [0, 0.1) is 5.92 Å². The highest BCUT2D eigenvalue weighted by Crippen LogP contribution is 2.27. The van der Waals surface area contributed by atoms with E-state index in [1.807, 2.05) is 37.3 Å². The topological polar surface area (TPSA) is 114 Å².